The summed E-state index contributed by atoms with van der Waals surface area (Å²) in [6, 6.07) is 15.8. The number of nitrogens with one attached hydrogen (secondary N) is 2. The van der Waals surface area contributed by atoms with E-state index in [1.165, 1.54) is 5.56 Å². The molecule has 0 spiro atoms. The molecule has 0 bridgehead atoms. The third kappa shape index (κ3) is 5.07. The summed E-state index contributed by atoms with van der Waals surface area (Å²) in [5.41, 5.74) is 2.12. The summed E-state index contributed by atoms with van der Waals surface area (Å²) in [6.45, 7) is 0.772. The highest BCUT2D eigenvalue weighted by atomic mass is 35.5. The van der Waals surface area contributed by atoms with Gasteiger partial charge < -0.3 is 15.4 Å². The summed E-state index contributed by atoms with van der Waals surface area (Å²) in [5, 5.41) is 14.9. The van der Waals surface area contributed by atoms with E-state index in [0.29, 0.717) is 22.5 Å². The highest BCUT2D eigenvalue weighted by molar-refractivity contribution is 6.32. The number of rotatable bonds is 8. The predicted octanol–water partition coefficient (Wildman–Crippen LogP) is 4.32. The van der Waals surface area contributed by atoms with E-state index in [1.807, 2.05) is 12.1 Å². The van der Waals surface area contributed by atoms with Crippen LogP contribution in [-0.4, -0.2) is 28.8 Å². The number of benzene rings is 2. The molecule has 26 heavy (non-hydrogen) atoms. The van der Waals surface area contributed by atoms with Crippen LogP contribution >= 0.6 is 11.6 Å². The molecule has 1 aromatic heterocycles. The quantitative estimate of drug-likeness (QED) is 0.576. The summed E-state index contributed by atoms with van der Waals surface area (Å²) in [7, 11) is 1.58. The van der Waals surface area contributed by atoms with Gasteiger partial charge in [-0.15, -0.1) is 5.10 Å². The van der Waals surface area contributed by atoms with Crippen LogP contribution < -0.4 is 15.4 Å². The van der Waals surface area contributed by atoms with Gasteiger partial charge >= 0.3 is 0 Å². The van der Waals surface area contributed by atoms with Crippen LogP contribution in [0.25, 0.3) is 0 Å². The number of hydrogen-bond acceptors (Lipinski definition) is 6. The molecule has 3 aromatic rings. The van der Waals surface area contributed by atoms with Crippen LogP contribution in [0.3, 0.4) is 0 Å². The first kappa shape index (κ1) is 17.9. The average molecular weight is 370 g/mol. The Morgan fingerprint density at radius 2 is 1.96 bits per heavy atom. The first-order valence-electron chi connectivity index (χ1n) is 8.32. The molecule has 0 aliphatic heterocycles. The predicted molar refractivity (Wildman–Crippen MR) is 104 cm³/mol. The molecule has 2 N–H and O–H groups in total. The number of aromatic nitrogens is 3. The van der Waals surface area contributed by atoms with Crippen molar-refractivity contribution < 1.29 is 4.74 Å². The van der Waals surface area contributed by atoms with Gasteiger partial charge in [-0.2, -0.15) is 10.1 Å². The molecule has 0 radical (unpaired) electrons. The Kier molecular flexibility index (Phi) is 6.22. The van der Waals surface area contributed by atoms with Crippen LogP contribution in [0.5, 0.6) is 5.75 Å². The second kappa shape index (κ2) is 9.01. The van der Waals surface area contributed by atoms with E-state index < -0.39 is 0 Å². The van der Waals surface area contributed by atoms with Gasteiger partial charge in [0.15, 0.2) is 5.82 Å². The maximum Gasteiger partial charge on any atom is 0.244 e. The molecular formula is C19H20ClN5O. The molecule has 0 atom stereocenters. The second-order valence-electron chi connectivity index (χ2n) is 5.66. The maximum absolute atomic E-state index is 6.14. The zero-order valence-electron chi connectivity index (χ0n) is 14.4. The lowest BCUT2D eigenvalue weighted by Gasteiger charge is -2.09. The van der Waals surface area contributed by atoms with Crippen molar-refractivity contribution in [3.05, 3.63) is 65.3 Å². The number of nitrogens with zero attached hydrogens (tertiary/aromatic N) is 3. The van der Waals surface area contributed by atoms with Crippen molar-refractivity contribution in [1.29, 1.82) is 0 Å². The maximum atomic E-state index is 6.14. The number of methoxy groups -OCH3 is 1. The molecule has 0 fully saturated rings. The fourth-order valence-corrected chi connectivity index (χ4v) is 2.73. The third-order valence-electron chi connectivity index (χ3n) is 3.75. The fraction of sp³-hybridized carbons (Fsp3) is 0.211. The van der Waals surface area contributed by atoms with Gasteiger partial charge in [0.1, 0.15) is 5.75 Å². The molecule has 0 aliphatic carbocycles. The molecule has 0 amide bonds. The lowest BCUT2D eigenvalue weighted by molar-refractivity contribution is 0.415. The van der Waals surface area contributed by atoms with Crippen molar-refractivity contribution in [2.24, 2.45) is 0 Å². The van der Waals surface area contributed by atoms with Crippen molar-refractivity contribution in [2.45, 2.75) is 12.8 Å². The van der Waals surface area contributed by atoms with Crippen molar-refractivity contribution in [2.75, 3.05) is 24.3 Å². The van der Waals surface area contributed by atoms with Crippen molar-refractivity contribution >= 4 is 29.1 Å². The Morgan fingerprint density at radius 3 is 2.73 bits per heavy atom. The second-order valence-corrected chi connectivity index (χ2v) is 6.06. The fourth-order valence-electron chi connectivity index (χ4n) is 2.47. The van der Waals surface area contributed by atoms with Crippen LogP contribution in [0.2, 0.25) is 5.02 Å². The summed E-state index contributed by atoms with van der Waals surface area (Å²) in [6.07, 6.45) is 3.55. The molecule has 3 rings (SSSR count). The SMILES string of the molecule is COc1ccc(Nc2cnnc(NCCCc3ccccc3)n2)cc1Cl. The van der Waals surface area contributed by atoms with Gasteiger partial charge in [0.25, 0.3) is 0 Å². The molecule has 7 heteroatoms. The topological polar surface area (TPSA) is 72.0 Å². The minimum absolute atomic E-state index is 0.489. The highest BCUT2D eigenvalue weighted by Crippen LogP contribution is 2.28. The number of aryl methyl sites for hydroxylation is 1. The smallest absolute Gasteiger partial charge is 0.244 e. The van der Waals surface area contributed by atoms with Gasteiger partial charge in [-0.25, -0.2) is 0 Å². The van der Waals surface area contributed by atoms with Crippen LogP contribution in [0, 0.1) is 0 Å². The van der Waals surface area contributed by atoms with Crippen molar-refractivity contribution in [3.8, 4) is 5.75 Å². The van der Waals surface area contributed by atoms with E-state index in [0.717, 1.165) is 25.1 Å². The minimum atomic E-state index is 0.489. The lowest BCUT2D eigenvalue weighted by atomic mass is 10.1. The van der Waals surface area contributed by atoms with E-state index >= 15 is 0 Å². The van der Waals surface area contributed by atoms with E-state index in [1.54, 1.807) is 25.4 Å². The van der Waals surface area contributed by atoms with Crippen molar-refractivity contribution in [1.82, 2.24) is 15.2 Å². The molecule has 0 aliphatic rings. The van der Waals surface area contributed by atoms with Gasteiger partial charge in [0.05, 0.1) is 18.3 Å². The average Bonchev–Trinajstić information content (AvgIpc) is 2.67. The van der Waals surface area contributed by atoms with Crippen LogP contribution in [-0.2, 0) is 6.42 Å². The van der Waals surface area contributed by atoms with Crippen molar-refractivity contribution in [3.63, 3.8) is 0 Å². The molecule has 0 saturated heterocycles. The Labute approximate surface area is 157 Å². The number of hydrogen-bond donors (Lipinski definition) is 2. The molecule has 0 saturated carbocycles. The van der Waals surface area contributed by atoms with Gasteiger partial charge in [0.2, 0.25) is 5.95 Å². The zero-order valence-corrected chi connectivity index (χ0v) is 15.2. The molecule has 2 aromatic carbocycles. The first-order chi connectivity index (χ1) is 12.7. The van der Waals surface area contributed by atoms with Gasteiger partial charge in [0, 0.05) is 12.2 Å². The summed E-state index contributed by atoms with van der Waals surface area (Å²) >= 11 is 6.14. The van der Waals surface area contributed by atoms with E-state index in [9.17, 15) is 0 Å². The monoisotopic (exact) mass is 369 g/mol. The minimum Gasteiger partial charge on any atom is -0.495 e. The standard InChI is InChI=1S/C19H20ClN5O/c1-26-17-10-9-15(12-16(17)20)23-18-13-22-25-19(24-18)21-11-5-8-14-6-3-2-4-7-14/h2-4,6-7,9-10,12-13H,5,8,11H2,1H3,(H2,21,23,24,25). The molecule has 6 nitrogen and oxygen atoms in total. The van der Waals surface area contributed by atoms with Crippen LogP contribution in [0.4, 0.5) is 17.5 Å². The van der Waals surface area contributed by atoms with E-state index in [4.69, 9.17) is 16.3 Å². The molecule has 1 heterocycles. The Morgan fingerprint density at radius 1 is 1.12 bits per heavy atom. The van der Waals surface area contributed by atoms with Crippen LogP contribution in [0.1, 0.15) is 12.0 Å². The number of halogens is 1. The Bertz CT molecular complexity index is 844. The Hall–Kier alpha value is -2.86. The number of ether oxygens (including phenoxy) is 1. The largest absolute Gasteiger partial charge is 0.495 e. The van der Waals surface area contributed by atoms with Gasteiger partial charge in [-0.1, -0.05) is 41.9 Å². The van der Waals surface area contributed by atoms with E-state index in [-0.39, 0.29) is 0 Å². The Balaban J connectivity index is 1.53. The van der Waals surface area contributed by atoms with E-state index in [2.05, 4.69) is 50.1 Å². The normalized spacial score (nSPS) is 10.4. The molecular weight excluding hydrogens is 350 g/mol. The van der Waals surface area contributed by atoms with Gasteiger partial charge in [-0.05, 0) is 36.6 Å². The number of anilines is 3. The lowest BCUT2D eigenvalue weighted by Crippen LogP contribution is -2.08. The first-order valence-corrected chi connectivity index (χ1v) is 8.70. The highest BCUT2D eigenvalue weighted by Gasteiger charge is 2.04. The third-order valence-corrected chi connectivity index (χ3v) is 4.05. The van der Waals surface area contributed by atoms with Gasteiger partial charge in [-0.3, -0.25) is 0 Å². The summed E-state index contributed by atoms with van der Waals surface area (Å²) in [4.78, 5) is 4.41. The van der Waals surface area contributed by atoms with Crippen LogP contribution in [0.15, 0.2) is 54.7 Å². The zero-order chi connectivity index (χ0) is 18.2. The summed E-state index contributed by atoms with van der Waals surface area (Å²) < 4.78 is 5.15. The molecule has 0 unspecified atom stereocenters. The summed E-state index contributed by atoms with van der Waals surface area (Å²) in [5.74, 6) is 1.70. The molecule has 134 valence electrons.